The lowest BCUT2D eigenvalue weighted by molar-refractivity contribution is -0.132. The lowest BCUT2D eigenvalue weighted by Crippen LogP contribution is -2.31. The van der Waals surface area contributed by atoms with Crippen molar-refractivity contribution in [2.75, 3.05) is 5.75 Å². The highest BCUT2D eigenvalue weighted by Crippen LogP contribution is 2.17. The van der Waals surface area contributed by atoms with Gasteiger partial charge in [0.05, 0.1) is 23.7 Å². The van der Waals surface area contributed by atoms with Gasteiger partial charge in [-0.1, -0.05) is 24.3 Å². The first kappa shape index (κ1) is 19.4. The second-order valence-electron chi connectivity index (χ2n) is 6.32. The van der Waals surface area contributed by atoms with Crippen LogP contribution >= 0.6 is 11.3 Å². The van der Waals surface area contributed by atoms with Gasteiger partial charge in [0.15, 0.2) is 9.84 Å². The summed E-state index contributed by atoms with van der Waals surface area (Å²) in [5.41, 5.74) is 1.01. The van der Waals surface area contributed by atoms with E-state index in [0.29, 0.717) is 13.1 Å². The maximum atomic E-state index is 12.8. The van der Waals surface area contributed by atoms with Crippen LogP contribution in [0.15, 0.2) is 71.1 Å². The minimum absolute atomic E-state index is 0.0347. The number of amides is 1. The van der Waals surface area contributed by atoms with Crippen LogP contribution in [0, 0.1) is 0 Å². The van der Waals surface area contributed by atoms with Crippen molar-refractivity contribution < 1.29 is 13.2 Å². The summed E-state index contributed by atoms with van der Waals surface area (Å²) in [7, 11) is -1.54. The summed E-state index contributed by atoms with van der Waals surface area (Å²) in [5, 5.41) is 1.97. The molecular weight excluding hydrogens is 380 g/mol. The normalized spacial score (nSPS) is 11.4. The van der Waals surface area contributed by atoms with E-state index < -0.39 is 9.84 Å². The number of aromatic nitrogens is 1. The minimum atomic E-state index is -3.47. The number of benzene rings is 1. The number of rotatable bonds is 8. The molecule has 1 amide bonds. The molecule has 5 nitrogen and oxygen atoms in total. The lowest BCUT2D eigenvalue weighted by atomic mass is 10.3. The molecule has 3 aromatic rings. The van der Waals surface area contributed by atoms with Crippen molar-refractivity contribution in [1.82, 2.24) is 9.47 Å². The van der Waals surface area contributed by atoms with E-state index in [4.69, 9.17) is 0 Å². The molecule has 142 valence electrons. The van der Waals surface area contributed by atoms with E-state index in [2.05, 4.69) is 0 Å². The Morgan fingerprint density at radius 2 is 1.81 bits per heavy atom. The van der Waals surface area contributed by atoms with Crippen LogP contribution in [0.5, 0.6) is 0 Å². The zero-order chi connectivity index (χ0) is 19.3. The Labute approximate surface area is 163 Å². The molecule has 0 saturated carbocycles. The number of hydrogen-bond donors (Lipinski definition) is 0. The molecule has 0 saturated heterocycles. The summed E-state index contributed by atoms with van der Waals surface area (Å²) in [5.74, 6) is -0.353. The highest BCUT2D eigenvalue weighted by molar-refractivity contribution is 7.91. The summed E-state index contributed by atoms with van der Waals surface area (Å²) >= 11 is 1.59. The van der Waals surface area contributed by atoms with Crippen LogP contribution in [0.4, 0.5) is 0 Å². The average molecular weight is 403 g/mol. The number of aryl methyl sites for hydroxylation is 1. The van der Waals surface area contributed by atoms with E-state index in [0.717, 1.165) is 10.6 Å². The molecule has 3 rings (SSSR count). The van der Waals surface area contributed by atoms with Crippen molar-refractivity contribution in [3.63, 3.8) is 0 Å². The van der Waals surface area contributed by atoms with Gasteiger partial charge < -0.3 is 9.47 Å². The Morgan fingerprint density at radius 1 is 1.04 bits per heavy atom. The molecule has 0 unspecified atom stereocenters. The second kappa shape index (κ2) is 8.54. The third kappa shape index (κ3) is 5.08. The van der Waals surface area contributed by atoms with E-state index in [9.17, 15) is 13.2 Å². The summed E-state index contributed by atoms with van der Waals surface area (Å²) < 4.78 is 26.9. The largest absolute Gasteiger partial charge is 0.353 e. The maximum absolute atomic E-state index is 12.8. The third-order valence-electron chi connectivity index (χ3n) is 4.37. The Kier molecular flexibility index (Phi) is 6.13. The fourth-order valence-corrected chi connectivity index (χ4v) is 4.77. The van der Waals surface area contributed by atoms with Crippen LogP contribution in [0.3, 0.4) is 0 Å². The zero-order valence-corrected chi connectivity index (χ0v) is 16.7. The molecule has 0 atom stereocenters. The van der Waals surface area contributed by atoms with Crippen molar-refractivity contribution in [3.05, 3.63) is 76.7 Å². The Bertz CT molecular complexity index is 977. The fourth-order valence-electron chi connectivity index (χ4n) is 2.80. The molecule has 7 heteroatoms. The summed E-state index contributed by atoms with van der Waals surface area (Å²) in [6.07, 6.45) is 1.90. The van der Waals surface area contributed by atoms with Gasteiger partial charge in [0.2, 0.25) is 5.91 Å². The van der Waals surface area contributed by atoms with E-state index in [-0.39, 0.29) is 23.0 Å². The van der Waals surface area contributed by atoms with Crippen LogP contribution in [0.1, 0.15) is 17.0 Å². The van der Waals surface area contributed by atoms with Crippen LogP contribution in [0.25, 0.3) is 0 Å². The highest BCUT2D eigenvalue weighted by Gasteiger charge is 2.21. The third-order valence-corrected chi connectivity index (χ3v) is 6.96. The van der Waals surface area contributed by atoms with Crippen molar-refractivity contribution in [2.45, 2.75) is 24.4 Å². The molecule has 2 heterocycles. The van der Waals surface area contributed by atoms with Crippen molar-refractivity contribution in [3.8, 4) is 0 Å². The van der Waals surface area contributed by atoms with E-state index in [1.54, 1.807) is 46.6 Å². The molecule has 0 fully saturated rings. The maximum Gasteiger partial charge on any atom is 0.224 e. The number of hydrogen-bond acceptors (Lipinski definition) is 4. The lowest BCUT2D eigenvalue weighted by Gasteiger charge is -2.22. The first-order valence-corrected chi connectivity index (χ1v) is 11.2. The van der Waals surface area contributed by atoms with Crippen molar-refractivity contribution in [2.24, 2.45) is 7.05 Å². The fraction of sp³-hybridized carbons (Fsp3) is 0.250. The topological polar surface area (TPSA) is 59.4 Å². The number of sulfone groups is 1. The number of carbonyl (C=O) groups excluding carboxylic acids is 1. The molecule has 0 aliphatic rings. The van der Waals surface area contributed by atoms with Gasteiger partial charge in [-0.15, -0.1) is 11.3 Å². The molecule has 1 aromatic carbocycles. The molecule has 0 spiro atoms. The summed E-state index contributed by atoms with van der Waals surface area (Å²) in [6, 6.07) is 16.1. The second-order valence-corrected chi connectivity index (χ2v) is 9.46. The van der Waals surface area contributed by atoms with E-state index >= 15 is 0 Å². The van der Waals surface area contributed by atoms with Crippen LogP contribution in [0.2, 0.25) is 0 Å². The molecular formula is C20H22N2O3S2. The average Bonchev–Trinajstić information content (AvgIpc) is 3.32. The SMILES string of the molecule is Cn1cccc1CN(Cc1cccs1)C(=O)CCS(=O)(=O)c1ccccc1. The molecule has 0 N–H and O–H groups in total. The van der Waals surface area contributed by atoms with Crippen molar-refractivity contribution in [1.29, 1.82) is 0 Å². The highest BCUT2D eigenvalue weighted by atomic mass is 32.2. The first-order valence-electron chi connectivity index (χ1n) is 8.64. The monoisotopic (exact) mass is 402 g/mol. The van der Waals surface area contributed by atoms with Gasteiger partial charge in [-0.2, -0.15) is 0 Å². The summed E-state index contributed by atoms with van der Waals surface area (Å²) in [6.45, 7) is 0.929. The minimum Gasteiger partial charge on any atom is -0.353 e. The molecule has 27 heavy (non-hydrogen) atoms. The molecule has 0 bridgehead atoms. The predicted octanol–water partition coefficient (Wildman–Crippen LogP) is 3.48. The van der Waals surface area contributed by atoms with Crippen molar-refractivity contribution >= 4 is 27.1 Å². The summed E-state index contributed by atoms with van der Waals surface area (Å²) in [4.78, 5) is 15.9. The van der Waals surface area contributed by atoms with E-state index in [1.165, 1.54) is 0 Å². The van der Waals surface area contributed by atoms with Gasteiger partial charge >= 0.3 is 0 Å². The first-order chi connectivity index (χ1) is 13.0. The molecule has 0 aliphatic carbocycles. The number of thiophene rings is 1. The van der Waals surface area contributed by atoms with Crippen LogP contribution in [-0.4, -0.2) is 29.5 Å². The zero-order valence-electron chi connectivity index (χ0n) is 15.1. The van der Waals surface area contributed by atoms with Crippen LogP contribution in [-0.2, 0) is 34.8 Å². The Balaban J connectivity index is 1.71. The molecule has 0 aliphatic heterocycles. The standard InChI is InChI=1S/C20H22N2O3S2/c1-21-12-5-7-17(21)15-22(16-18-8-6-13-26-18)20(23)11-14-27(24,25)19-9-3-2-4-10-19/h2-10,12-13H,11,14-16H2,1H3. The van der Waals surface area contributed by atoms with Gasteiger partial charge in [-0.3, -0.25) is 4.79 Å². The Hall–Kier alpha value is -2.38. The quantitative estimate of drug-likeness (QED) is 0.580. The number of nitrogens with zero attached hydrogens (tertiary/aromatic N) is 2. The molecule has 0 radical (unpaired) electrons. The predicted molar refractivity (Wildman–Crippen MR) is 107 cm³/mol. The van der Waals surface area contributed by atoms with Gasteiger partial charge in [-0.25, -0.2) is 8.42 Å². The Morgan fingerprint density at radius 3 is 2.44 bits per heavy atom. The van der Waals surface area contributed by atoms with Crippen LogP contribution < -0.4 is 0 Å². The molecule has 2 aromatic heterocycles. The van der Waals surface area contributed by atoms with Gasteiger partial charge in [0.25, 0.3) is 0 Å². The van der Waals surface area contributed by atoms with E-state index in [1.807, 2.05) is 47.5 Å². The number of carbonyl (C=O) groups is 1. The van der Waals surface area contributed by atoms with Gasteiger partial charge in [0, 0.05) is 30.2 Å². The van der Waals surface area contributed by atoms with Gasteiger partial charge in [0.1, 0.15) is 0 Å². The smallest absolute Gasteiger partial charge is 0.224 e. The van der Waals surface area contributed by atoms with Gasteiger partial charge in [-0.05, 0) is 35.7 Å².